The molecule has 0 spiro atoms. The van der Waals surface area contributed by atoms with Crippen LogP contribution in [0.15, 0.2) is 91.0 Å². The van der Waals surface area contributed by atoms with Gasteiger partial charge < -0.3 is 15.8 Å². The van der Waals surface area contributed by atoms with Crippen LogP contribution in [-0.4, -0.2) is 22.2 Å². The fraction of sp³-hybridized carbons (Fsp3) is 0.143. The number of anilines is 2. The Labute approximate surface area is 209 Å². The molecule has 1 unspecified atom stereocenters. The van der Waals surface area contributed by atoms with E-state index in [4.69, 9.17) is 10.5 Å². The van der Waals surface area contributed by atoms with E-state index in [9.17, 15) is 9.59 Å². The number of carbonyl (C=O) groups is 2. The standard InChI is InChI=1S/C28H27N5O3/c1-2-19-12-14-20(15-13-19)22(29)18-27(34)36-25-11-7-6-10-24(25)30-28(35)31-26-17-16-23(32-33-26)21-8-4-3-5-9-21/h3-17,22H,2,18,29H2,1H3,(H2,30,31,33,35). The summed E-state index contributed by atoms with van der Waals surface area (Å²) in [4.78, 5) is 25.1. The summed E-state index contributed by atoms with van der Waals surface area (Å²) < 4.78 is 5.51. The number of nitrogens with one attached hydrogen (secondary N) is 2. The molecule has 1 atom stereocenters. The molecule has 4 rings (SSSR count). The lowest BCUT2D eigenvalue weighted by Gasteiger charge is -2.14. The highest BCUT2D eigenvalue weighted by Gasteiger charge is 2.16. The number of para-hydroxylation sites is 2. The van der Waals surface area contributed by atoms with Crippen LogP contribution in [0.2, 0.25) is 0 Å². The highest BCUT2D eigenvalue weighted by Crippen LogP contribution is 2.26. The van der Waals surface area contributed by atoms with Crippen LogP contribution in [0.25, 0.3) is 11.3 Å². The summed E-state index contributed by atoms with van der Waals surface area (Å²) in [5.74, 6) is -0.00231. The molecule has 8 heteroatoms. The quantitative estimate of drug-likeness (QED) is 0.231. The van der Waals surface area contributed by atoms with Gasteiger partial charge in [-0.25, -0.2) is 4.79 Å². The number of carbonyl (C=O) groups excluding carboxylic acids is 2. The van der Waals surface area contributed by atoms with Crippen LogP contribution in [0.3, 0.4) is 0 Å². The van der Waals surface area contributed by atoms with Crippen LogP contribution in [0.5, 0.6) is 5.75 Å². The van der Waals surface area contributed by atoms with E-state index in [0.29, 0.717) is 11.4 Å². The van der Waals surface area contributed by atoms with E-state index in [1.165, 1.54) is 5.56 Å². The zero-order valence-electron chi connectivity index (χ0n) is 19.8. The van der Waals surface area contributed by atoms with Gasteiger partial charge in [0.25, 0.3) is 0 Å². The summed E-state index contributed by atoms with van der Waals surface area (Å²) >= 11 is 0. The lowest BCUT2D eigenvalue weighted by Crippen LogP contribution is -2.22. The third-order valence-electron chi connectivity index (χ3n) is 5.54. The number of nitrogens with zero attached hydrogens (tertiary/aromatic N) is 2. The molecule has 0 fully saturated rings. The molecular weight excluding hydrogens is 454 g/mol. The van der Waals surface area contributed by atoms with Gasteiger partial charge in [0.2, 0.25) is 0 Å². The molecule has 0 saturated carbocycles. The van der Waals surface area contributed by atoms with Crippen LogP contribution >= 0.6 is 0 Å². The largest absolute Gasteiger partial charge is 0.424 e. The summed E-state index contributed by atoms with van der Waals surface area (Å²) in [7, 11) is 0. The Balaban J connectivity index is 1.35. The second kappa shape index (κ2) is 11.7. The molecule has 0 aliphatic rings. The molecule has 0 bridgehead atoms. The summed E-state index contributed by atoms with van der Waals surface area (Å²) in [6.45, 7) is 2.08. The normalized spacial score (nSPS) is 11.4. The Morgan fingerprint density at radius 2 is 1.58 bits per heavy atom. The smallest absolute Gasteiger partial charge is 0.325 e. The van der Waals surface area contributed by atoms with Gasteiger partial charge in [0.15, 0.2) is 11.6 Å². The first kappa shape index (κ1) is 24.6. The number of aryl methyl sites for hydroxylation is 1. The SMILES string of the molecule is CCc1ccc(C(N)CC(=O)Oc2ccccc2NC(=O)Nc2ccc(-c3ccccc3)nn2)cc1. The fourth-order valence-corrected chi connectivity index (χ4v) is 3.55. The van der Waals surface area contributed by atoms with Crippen molar-refractivity contribution in [3.8, 4) is 17.0 Å². The second-order valence-electron chi connectivity index (χ2n) is 8.12. The molecule has 1 aromatic heterocycles. The van der Waals surface area contributed by atoms with Gasteiger partial charge in [-0.05, 0) is 41.8 Å². The molecular formula is C28H27N5O3. The van der Waals surface area contributed by atoms with Crippen LogP contribution in [-0.2, 0) is 11.2 Å². The monoisotopic (exact) mass is 481 g/mol. The number of rotatable bonds is 8. The minimum absolute atomic E-state index is 0.00461. The Kier molecular flexibility index (Phi) is 8.00. The third-order valence-corrected chi connectivity index (χ3v) is 5.54. The number of hydrogen-bond donors (Lipinski definition) is 3. The van der Waals surface area contributed by atoms with E-state index in [0.717, 1.165) is 17.5 Å². The molecule has 4 aromatic rings. The molecule has 36 heavy (non-hydrogen) atoms. The molecule has 0 aliphatic carbocycles. The molecule has 0 aliphatic heterocycles. The Hall–Kier alpha value is -4.56. The molecule has 1 heterocycles. The lowest BCUT2D eigenvalue weighted by molar-refractivity contribution is -0.134. The number of hydrogen-bond acceptors (Lipinski definition) is 6. The van der Waals surface area contributed by atoms with Crippen molar-refractivity contribution in [1.29, 1.82) is 0 Å². The van der Waals surface area contributed by atoms with E-state index >= 15 is 0 Å². The number of ether oxygens (including phenoxy) is 1. The Morgan fingerprint density at radius 3 is 2.28 bits per heavy atom. The summed E-state index contributed by atoms with van der Waals surface area (Å²) in [5.41, 5.74) is 10.2. The predicted octanol–water partition coefficient (Wildman–Crippen LogP) is 5.35. The highest BCUT2D eigenvalue weighted by molar-refractivity contribution is 6.00. The minimum Gasteiger partial charge on any atom is -0.424 e. The molecule has 182 valence electrons. The summed E-state index contributed by atoms with van der Waals surface area (Å²) in [5, 5.41) is 13.5. The zero-order chi connectivity index (χ0) is 25.3. The van der Waals surface area contributed by atoms with Gasteiger partial charge in [-0.3, -0.25) is 10.1 Å². The molecule has 0 radical (unpaired) electrons. The van der Waals surface area contributed by atoms with Crippen molar-refractivity contribution in [2.45, 2.75) is 25.8 Å². The fourth-order valence-electron chi connectivity index (χ4n) is 3.55. The van der Waals surface area contributed by atoms with Gasteiger partial charge in [-0.15, -0.1) is 10.2 Å². The first-order valence-corrected chi connectivity index (χ1v) is 11.6. The van der Waals surface area contributed by atoms with E-state index < -0.39 is 18.0 Å². The number of urea groups is 1. The van der Waals surface area contributed by atoms with Crippen molar-refractivity contribution in [3.63, 3.8) is 0 Å². The molecule has 3 aromatic carbocycles. The van der Waals surface area contributed by atoms with Crippen molar-refractivity contribution in [2.75, 3.05) is 10.6 Å². The van der Waals surface area contributed by atoms with E-state index in [1.54, 1.807) is 36.4 Å². The Morgan fingerprint density at radius 1 is 0.861 bits per heavy atom. The number of benzene rings is 3. The predicted molar refractivity (Wildman–Crippen MR) is 140 cm³/mol. The average molecular weight is 482 g/mol. The van der Waals surface area contributed by atoms with Crippen LogP contribution in [0.1, 0.15) is 30.5 Å². The van der Waals surface area contributed by atoms with Crippen molar-refractivity contribution in [3.05, 3.63) is 102 Å². The summed E-state index contributed by atoms with van der Waals surface area (Å²) in [6, 6.07) is 26.5. The van der Waals surface area contributed by atoms with Gasteiger partial charge >= 0.3 is 12.0 Å². The van der Waals surface area contributed by atoms with Gasteiger partial charge in [0.05, 0.1) is 17.8 Å². The number of esters is 1. The van der Waals surface area contributed by atoms with Crippen molar-refractivity contribution < 1.29 is 14.3 Å². The Bertz CT molecular complexity index is 1310. The maximum Gasteiger partial charge on any atom is 0.325 e. The number of amides is 2. The first-order chi connectivity index (χ1) is 17.5. The van der Waals surface area contributed by atoms with Crippen LogP contribution in [0, 0.1) is 0 Å². The second-order valence-corrected chi connectivity index (χ2v) is 8.12. The van der Waals surface area contributed by atoms with Gasteiger partial charge in [-0.2, -0.15) is 0 Å². The summed E-state index contributed by atoms with van der Waals surface area (Å²) in [6.07, 6.45) is 0.926. The molecule has 4 N–H and O–H groups in total. The van der Waals surface area contributed by atoms with Crippen molar-refractivity contribution in [1.82, 2.24) is 10.2 Å². The van der Waals surface area contributed by atoms with Gasteiger partial charge in [0.1, 0.15) is 0 Å². The molecule has 0 saturated heterocycles. The third kappa shape index (κ3) is 6.52. The zero-order valence-corrected chi connectivity index (χ0v) is 19.8. The lowest BCUT2D eigenvalue weighted by atomic mass is 10.0. The maximum absolute atomic E-state index is 12.5. The molecule has 2 amide bonds. The van der Waals surface area contributed by atoms with Crippen LogP contribution < -0.4 is 21.1 Å². The van der Waals surface area contributed by atoms with Crippen molar-refractivity contribution >= 4 is 23.5 Å². The van der Waals surface area contributed by atoms with E-state index in [1.807, 2.05) is 54.6 Å². The first-order valence-electron chi connectivity index (χ1n) is 11.6. The molecule has 8 nitrogen and oxygen atoms in total. The van der Waals surface area contributed by atoms with Gasteiger partial charge in [0, 0.05) is 11.6 Å². The number of nitrogens with two attached hydrogens (primary N) is 1. The topological polar surface area (TPSA) is 119 Å². The van der Waals surface area contributed by atoms with Crippen LogP contribution in [0.4, 0.5) is 16.3 Å². The van der Waals surface area contributed by atoms with E-state index in [2.05, 4.69) is 27.8 Å². The van der Waals surface area contributed by atoms with Gasteiger partial charge in [-0.1, -0.05) is 73.7 Å². The average Bonchev–Trinajstić information content (AvgIpc) is 2.90. The highest BCUT2D eigenvalue weighted by atomic mass is 16.5. The maximum atomic E-state index is 12.5. The van der Waals surface area contributed by atoms with Crippen molar-refractivity contribution in [2.24, 2.45) is 5.73 Å². The number of aromatic nitrogens is 2. The minimum atomic E-state index is -0.548. The van der Waals surface area contributed by atoms with E-state index in [-0.39, 0.29) is 18.0 Å².